The van der Waals surface area contributed by atoms with Crippen LogP contribution in [0.2, 0.25) is 0 Å². The van der Waals surface area contributed by atoms with E-state index in [1.807, 2.05) is 121 Å². The molecule has 1 aromatic heterocycles. The zero-order valence-electron chi connectivity index (χ0n) is 30.0. The molecule has 274 valence electrons. The first kappa shape index (κ1) is 36.9. The monoisotopic (exact) mass is 738 g/mol. The summed E-state index contributed by atoms with van der Waals surface area (Å²) in [5.74, 6) is 1.30. The highest BCUT2D eigenvalue weighted by Gasteiger charge is 2.39. The largest absolute Gasteiger partial charge is 0.445 e. The third-order valence-electron chi connectivity index (χ3n) is 9.37. The second-order valence-electron chi connectivity index (χ2n) is 13.1. The van der Waals surface area contributed by atoms with Gasteiger partial charge in [-0.15, -0.1) is 0 Å². The predicted molar refractivity (Wildman–Crippen MR) is 211 cm³/mol. The van der Waals surface area contributed by atoms with Crippen molar-refractivity contribution in [3.63, 3.8) is 0 Å². The van der Waals surface area contributed by atoms with Crippen LogP contribution in [-0.4, -0.2) is 34.6 Å². The molecule has 1 aliphatic rings. The van der Waals surface area contributed by atoms with Crippen LogP contribution in [0.4, 0.5) is 4.79 Å². The van der Waals surface area contributed by atoms with Crippen molar-refractivity contribution in [3.05, 3.63) is 168 Å². The number of hydrogen-bond acceptors (Lipinski definition) is 8. The lowest BCUT2D eigenvalue weighted by atomic mass is 9.91. The molecule has 54 heavy (non-hydrogen) atoms. The van der Waals surface area contributed by atoms with Crippen molar-refractivity contribution in [2.75, 3.05) is 12.4 Å². The van der Waals surface area contributed by atoms with Crippen molar-refractivity contribution >= 4 is 17.9 Å². The Labute approximate surface area is 319 Å². The molecule has 4 atom stereocenters. The minimum absolute atomic E-state index is 0.0172. The molecule has 8 nitrogen and oxygen atoms in total. The molecule has 6 aromatic rings. The topological polar surface area (TPSA) is 103 Å². The van der Waals surface area contributed by atoms with Gasteiger partial charge in [-0.3, -0.25) is 0 Å². The lowest BCUT2D eigenvalue weighted by Gasteiger charge is -2.41. The van der Waals surface area contributed by atoms with Gasteiger partial charge in [-0.1, -0.05) is 153 Å². The van der Waals surface area contributed by atoms with Gasteiger partial charge in [0, 0.05) is 34.9 Å². The molecular weight excluding hydrogens is 697 g/mol. The zero-order chi connectivity index (χ0) is 37.3. The smallest absolute Gasteiger partial charge is 0.407 e. The maximum Gasteiger partial charge on any atom is 0.407 e. The Kier molecular flexibility index (Phi) is 12.0. The Hall–Kier alpha value is -5.45. The number of carbonyl (C=O) groups excluding carboxylic acids is 1. The van der Waals surface area contributed by atoms with Gasteiger partial charge in [-0.05, 0) is 39.9 Å². The molecule has 0 spiro atoms. The number of nitrogens with one attached hydrogen (secondary N) is 1. The number of rotatable bonds is 13. The molecular formula is C45H42N2O6S. The number of oxazole rings is 1. The first-order valence-electron chi connectivity index (χ1n) is 17.9. The lowest BCUT2D eigenvalue weighted by Crippen LogP contribution is -2.38. The Balaban J connectivity index is 1.14. The second kappa shape index (κ2) is 17.6. The Bertz CT molecular complexity index is 2100. The van der Waals surface area contributed by atoms with Crippen LogP contribution in [0.25, 0.3) is 33.7 Å². The van der Waals surface area contributed by atoms with E-state index in [2.05, 4.69) is 31.0 Å². The number of aliphatic hydroxyl groups is 1. The summed E-state index contributed by atoms with van der Waals surface area (Å²) < 4.78 is 25.1. The molecule has 1 aliphatic heterocycles. The van der Waals surface area contributed by atoms with Crippen molar-refractivity contribution in [2.45, 2.75) is 43.8 Å². The van der Waals surface area contributed by atoms with Crippen LogP contribution in [-0.2, 0) is 27.4 Å². The maximum absolute atomic E-state index is 12.0. The molecule has 5 aromatic carbocycles. The summed E-state index contributed by atoms with van der Waals surface area (Å²) in [4.78, 5) is 17.0. The van der Waals surface area contributed by atoms with E-state index in [-0.39, 0.29) is 31.3 Å². The minimum atomic E-state index is -0.650. The number of benzene rings is 5. The molecule has 1 saturated heterocycles. The zero-order valence-corrected chi connectivity index (χ0v) is 30.8. The average molecular weight is 739 g/mol. The van der Waals surface area contributed by atoms with Crippen molar-refractivity contribution in [2.24, 2.45) is 5.92 Å². The fraction of sp³-hybridized carbons (Fsp3) is 0.200. The van der Waals surface area contributed by atoms with E-state index in [0.717, 1.165) is 56.0 Å². The van der Waals surface area contributed by atoms with Crippen molar-refractivity contribution in [1.29, 1.82) is 0 Å². The van der Waals surface area contributed by atoms with Crippen LogP contribution in [0.15, 0.2) is 156 Å². The molecule has 0 aliphatic carbocycles. The molecule has 2 heterocycles. The van der Waals surface area contributed by atoms with E-state index in [0.29, 0.717) is 17.5 Å². The summed E-state index contributed by atoms with van der Waals surface area (Å²) in [6.45, 7) is 6.18. The molecule has 1 fully saturated rings. The Morgan fingerprint density at radius 2 is 1.50 bits per heavy atom. The van der Waals surface area contributed by atoms with Gasteiger partial charge in [0.1, 0.15) is 12.3 Å². The predicted octanol–water partition coefficient (Wildman–Crippen LogP) is 10.2. The van der Waals surface area contributed by atoms with Crippen LogP contribution in [0.5, 0.6) is 0 Å². The number of carbonyl (C=O) groups is 1. The van der Waals surface area contributed by atoms with Crippen LogP contribution in [0.1, 0.15) is 41.6 Å². The third-order valence-corrected chi connectivity index (χ3v) is 10.3. The Morgan fingerprint density at radius 3 is 2.22 bits per heavy atom. The van der Waals surface area contributed by atoms with Crippen LogP contribution in [0, 0.1) is 5.92 Å². The maximum atomic E-state index is 12.0. The SMILES string of the molecule is C=CCOC(=O)NCc1cccc(-c2cccc([C@H]3O[C@@H](CSc4nc(-c5ccccc5)c(-c5ccccc5)o4)[C@@H](C)[C@@H](c4ccc(CO)cc4)O3)c2)c1. The van der Waals surface area contributed by atoms with Gasteiger partial charge >= 0.3 is 6.09 Å². The van der Waals surface area contributed by atoms with Gasteiger partial charge < -0.3 is 29.1 Å². The van der Waals surface area contributed by atoms with E-state index in [1.165, 1.54) is 17.8 Å². The number of amides is 1. The van der Waals surface area contributed by atoms with Gasteiger partial charge in [0.05, 0.1) is 18.8 Å². The van der Waals surface area contributed by atoms with E-state index < -0.39 is 12.4 Å². The number of alkyl carbamates (subject to hydrolysis) is 1. The quantitative estimate of drug-likeness (QED) is 0.0892. The van der Waals surface area contributed by atoms with Gasteiger partial charge in [0.2, 0.25) is 0 Å². The summed E-state index contributed by atoms with van der Waals surface area (Å²) in [5, 5.41) is 13.0. The van der Waals surface area contributed by atoms with Crippen LogP contribution >= 0.6 is 11.8 Å². The molecule has 0 radical (unpaired) electrons. The fourth-order valence-corrected chi connectivity index (χ4v) is 7.48. The van der Waals surface area contributed by atoms with E-state index in [4.69, 9.17) is 23.6 Å². The standard InChI is InChI=1S/C45H42N2O6S/c1-3-24-50-44(49)46-27-32-12-10-17-36(25-32)37-18-11-19-38(26-37)43-51-39(30(2)41(52-43)35-22-20-31(28-48)21-23-35)29-54-45-47-40(33-13-6-4-7-14-33)42(53-45)34-15-8-5-9-16-34/h3-23,25-26,30,39,41,43,48H,1,24,27-29H2,2H3,(H,46,49)/t30-,39+,41+,43+/m1/s1. The molecule has 1 amide bonds. The van der Waals surface area contributed by atoms with E-state index in [9.17, 15) is 9.90 Å². The second-order valence-corrected chi connectivity index (χ2v) is 14.1. The first-order chi connectivity index (χ1) is 26.5. The number of nitrogens with zero attached hydrogens (tertiary/aromatic N) is 1. The molecule has 0 bridgehead atoms. The van der Waals surface area contributed by atoms with Crippen molar-refractivity contribution < 1.29 is 28.5 Å². The molecule has 0 saturated carbocycles. The molecule has 0 unspecified atom stereocenters. The number of ether oxygens (including phenoxy) is 3. The summed E-state index contributed by atoms with van der Waals surface area (Å²) in [6, 6.07) is 44.2. The van der Waals surface area contributed by atoms with Crippen LogP contribution < -0.4 is 5.32 Å². The highest BCUT2D eigenvalue weighted by molar-refractivity contribution is 7.99. The fourth-order valence-electron chi connectivity index (χ4n) is 6.49. The molecule has 2 N–H and O–H groups in total. The van der Waals surface area contributed by atoms with E-state index >= 15 is 0 Å². The summed E-state index contributed by atoms with van der Waals surface area (Å²) >= 11 is 1.53. The minimum Gasteiger partial charge on any atom is -0.445 e. The summed E-state index contributed by atoms with van der Waals surface area (Å²) in [6.07, 6.45) is -0.105. The number of hydrogen-bond donors (Lipinski definition) is 2. The average Bonchev–Trinajstić information content (AvgIpc) is 3.67. The normalized spacial score (nSPS) is 18.2. The van der Waals surface area contributed by atoms with Crippen molar-refractivity contribution in [1.82, 2.24) is 10.3 Å². The van der Waals surface area contributed by atoms with Gasteiger partial charge in [0.25, 0.3) is 5.22 Å². The number of aliphatic hydroxyl groups excluding tert-OH is 1. The number of thioether (sulfide) groups is 1. The highest BCUT2D eigenvalue weighted by Crippen LogP contribution is 2.44. The van der Waals surface area contributed by atoms with Gasteiger partial charge in [-0.2, -0.15) is 0 Å². The van der Waals surface area contributed by atoms with E-state index in [1.54, 1.807) is 0 Å². The highest BCUT2D eigenvalue weighted by atomic mass is 32.2. The van der Waals surface area contributed by atoms with Gasteiger partial charge in [-0.25, -0.2) is 9.78 Å². The van der Waals surface area contributed by atoms with Gasteiger partial charge in [0.15, 0.2) is 12.1 Å². The lowest BCUT2D eigenvalue weighted by molar-refractivity contribution is -0.268. The first-order valence-corrected chi connectivity index (χ1v) is 18.9. The molecule has 9 heteroatoms. The Morgan fingerprint density at radius 1 is 0.815 bits per heavy atom. The summed E-state index contributed by atoms with van der Waals surface area (Å²) in [7, 11) is 0. The summed E-state index contributed by atoms with van der Waals surface area (Å²) in [5.41, 5.74) is 8.42. The number of aromatic nitrogens is 1. The van der Waals surface area contributed by atoms with Crippen LogP contribution in [0.3, 0.4) is 0 Å². The molecule has 7 rings (SSSR count). The van der Waals surface area contributed by atoms with Crippen molar-refractivity contribution in [3.8, 4) is 33.7 Å². The third kappa shape index (κ3) is 8.84.